The van der Waals surface area contributed by atoms with E-state index in [0.29, 0.717) is 25.4 Å². The smallest absolute Gasteiger partial charge is 0.251 e. The van der Waals surface area contributed by atoms with Gasteiger partial charge in [0.15, 0.2) is 0 Å². The topological polar surface area (TPSA) is 73.4 Å². The molecule has 5 heteroatoms. The van der Waals surface area contributed by atoms with Gasteiger partial charge in [-0.1, -0.05) is 30.3 Å². The molecule has 1 fully saturated rings. The fourth-order valence-electron chi connectivity index (χ4n) is 3.28. The minimum atomic E-state index is -0.997. The zero-order valence-electron chi connectivity index (χ0n) is 13.5. The van der Waals surface area contributed by atoms with Gasteiger partial charge in [0.2, 0.25) is 5.56 Å². The summed E-state index contributed by atoms with van der Waals surface area (Å²) in [6, 6.07) is 13.1. The van der Waals surface area contributed by atoms with Gasteiger partial charge < -0.3 is 15.0 Å². The number of carbonyl (C=O) groups excluding carboxylic acids is 1. The first kappa shape index (κ1) is 16.5. The average Bonchev–Trinajstić information content (AvgIpc) is 2.62. The van der Waals surface area contributed by atoms with Crippen molar-refractivity contribution in [3.05, 3.63) is 70.1 Å². The Hall–Kier alpha value is -2.40. The highest BCUT2D eigenvalue weighted by Crippen LogP contribution is 2.27. The fraction of sp³-hybridized carbons (Fsp3) is 0.368. The van der Waals surface area contributed by atoms with E-state index >= 15 is 0 Å². The Labute approximate surface area is 140 Å². The number of rotatable bonds is 4. The number of aromatic amines is 1. The summed E-state index contributed by atoms with van der Waals surface area (Å²) in [4.78, 5) is 28.2. The van der Waals surface area contributed by atoms with Crippen molar-refractivity contribution in [2.45, 2.75) is 31.3 Å². The first-order valence-electron chi connectivity index (χ1n) is 8.33. The third-order valence-electron chi connectivity index (χ3n) is 4.63. The van der Waals surface area contributed by atoms with Gasteiger partial charge in [-0.05, 0) is 36.0 Å². The Balaban J connectivity index is 1.56. The largest absolute Gasteiger partial charge is 0.383 e. The highest BCUT2D eigenvalue weighted by atomic mass is 16.3. The molecule has 1 aliphatic heterocycles. The lowest BCUT2D eigenvalue weighted by atomic mass is 9.90. The molecule has 126 valence electrons. The number of aromatic nitrogens is 1. The van der Waals surface area contributed by atoms with Crippen LogP contribution in [0.15, 0.2) is 53.5 Å². The number of aliphatic hydroxyl groups excluding tert-OH is 1. The molecule has 5 nitrogen and oxygen atoms in total. The molecule has 0 aliphatic carbocycles. The summed E-state index contributed by atoms with van der Waals surface area (Å²) in [5.74, 6) is 0.0887. The zero-order valence-corrected chi connectivity index (χ0v) is 13.5. The lowest BCUT2D eigenvalue weighted by molar-refractivity contribution is -0.141. The van der Waals surface area contributed by atoms with Crippen LogP contribution in [0.2, 0.25) is 0 Å². The molecule has 1 saturated heterocycles. The molecule has 0 unspecified atom stereocenters. The molecular weight excluding hydrogens is 304 g/mol. The summed E-state index contributed by atoms with van der Waals surface area (Å²) in [5, 5.41) is 10.2. The molecule has 2 aromatic rings. The van der Waals surface area contributed by atoms with Crippen molar-refractivity contribution < 1.29 is 9.90 Å². The predicted molar refractivity (Wildman–Crippen MR) is 91.8 cm³/mol. The Morgan fingerprint density at radius 2 is 1.92 bits per heavy atom. The number of carbonyl (C=O) groups is 1. The summed E-state index contributed by atoms with van der Waals surface area (Å²) in [5.41, 5.74) is 1.89. The predicted octanol–water partition coefficient (Wildman–Crippen LogP) is 1.68. The van der Waals surface area contributed by atoms with Gasteiger partial charge in [0.05, 0.1) is 0 Å². The third kappa shape index (κ3) is 3.92. The maximum atomic E-state index is 12.4. The van der Waals surface area contributed by atoms with Gasteiger partial charge in [-0.2, -0.15) is 0 Å². The quantitative estimate of drug-likeness (QED) is 0.898. The van der Waals surface area contributed by atoms with Crippen molar-refractivity contribution in [3.8, 4) is 0 Å². The number of likely N-dealkylation sites (tertiary alicyclic amines) is 1. The van der Waals surface area contributed by atoms with Crippen LogP contribution in [0, 0.1) is 0 Å². The highest BCUT2D eigenvalue weighted by molar-refractivity contribution is 5.81. The second-order valence-electron chi connectivity index (χ2n) is 6.29. The van der Waals surface area contributed by atoms with Gasteiger partial charge >= 0.3 is 0 Å². The molecule has 1 aromatic heterocycles. The fourth-order valence-corrected chi connectivity index (χ4v) is 3.28. The van der Waals surface area contributed by atoms with Crippen molar-refractivity contribution in [1.82, 2.24) is 9.88 Å². The normalized spacial score (nSPS) is 16.8. The molecule has 1 aromatic carbocycles. The Kier molecular flexibility index (Phi) is 5.11. The van der Waals surface area contributed by atoms with Gasteiger partial charge in [-0.15, -0.1) is 0 Å². The van der Waals surface area contributed by atoms with E-state index < -0.39 is 6.10 Å². The molecule has 2 N–H and O–H groups in total. The highest BCUT2D eigenvalue weighted by Gasteiger charge is 2.27. The summed E-state index contributed by atoms with van der Waals surface area (Å²) < 4.78 is 0. The number of H-pyrrole nitrogens is 1. The lowest BCUT2D eigenvalue weighted by Crippen LogP contribution is -2.44. The van der Waals surface area contributed by atoms with E-state index in [-0.39, 0.29) is 11.5 Å². The molecular formula is C19H22N2O3. The van der Waals surface area contributed by atoms with Crippen LogP contribution in [0.1, 0.15) is 29.9 Å². The second kappa shape index (κ2) is 7.45. The number of piperidine rings is 1. The van der Waals surface area contributed by atoms with Crippen molar-refractivity contribution in [2.75, 3.05) is 13.1 Å². The number of pyridine rings is 1. The Morgan fingerprint density at radius 1 is 1.21 bits per heavy atom. The summed E-state index contributed by atoms with van der Waals surface area (Å²) in [6.07, 6.45) is 2.64. The van der Waals surface area contributed by atoms with Crippen LogP contribution in [0.25, 0.3) is 0 Å². The van der Waals surface area contributed by atoms with E-state index in [9.17, 15) is 14.7 Å². The first-order valence-corrected chi connectivity index (χ1v) is 8.33. The monoisotopic (exact) mass is 326 g/mol. The molecule has 24 heavy (non-hydrogen) atoms. The van der Waals surface area contributed by atoms with Gasteiger partial charge in [0.1, 0.15) is 6.10 Å². The molecule has 1 aliphatic rings. The van der Waals surface area contributed by atoms with Crippen molar-refractivity contribution in [1.29, 1.82) is 0 Å². The van der Waals surface area contributed by atoms with Crippen molar-refractivity contribution in [3.63, 3.8) is 0 Å². The maximum Gasteiger partial charge on any atom is 0.251 e. The molecule has 1 amide bonds. The number of nitrogens with one attached hydrogen (secondary N) is 1. The molecule has 1 atom stereocenters. The molecule has 2 heterocycles. The molecule has 0 spiro atoms. The summed E-state index contributed by atoms with van der Waals surface area (Å²) in [7, 11) is 0. The van der Waals surface area contributed by atoms with Crippen molar-refractivity contribution in [2.24, 2.45) is 0 Å². The minimum Gasteiger partial charge on any atom is -0.383 e. The number of hydrogen-bond donors (Lipinski definition) is 2. The van der Waals surface area contributed by atoms with Gasteiger partial charge in [-0.25, -0.2) is 0 Å². The van der Waals surface area contributed by atoms with Gasteiger partial charge in [0.25, 0.3) is 5.91 Å². The molecule has 0 radical (unpaired) electrons. The van der Waals surface area contributed by atoms with E-state index in [1.165, 1.54) is 0 Å². The van der Waals surface area contributed by atoms with E-state index in [4.69, 9.17) is 0 Å². The first-order chi connectivity index (χ1) is 11.6. The van der Waals surface area contributed by atoms with Gasteiger partial charge in [-0.3, -0.25) is 9.59 Å². The number of nitrogens with zero attached hydrogens (tertiary/aromatic N) is 1. The van der Waals surface area contributed by atoms with Crippen molar-refractivity contribution >= 4 is 5.91 Å². The minimum absolute atomic E-state index is 0.0933. The third-order valence-corrected chi connectivity index (χ3v) is 4.63. The van der Waals surface area contributed by atoms with Crippen LogP contribution in [0.5, 0.6) is 0 Å². The summed E-state index contributed by atoms with van der Waals surface area (Å²) in [6.45, 7) is 1.23. The van der Waals surface area contributed by atoms with Crippen LogP contribution >= 0.6 is 0 Å². The van der Waals surface area contributed by atoms with E-state index in [1.54, 1.807) is 17.2 Å². The maximum absolute atomic E-state index is 12.4. The molecule has 0 bridgehead atoms. The number of aliphatic hydroxyl groups is 1. The molecule has 0 saturated carbocycles. The standard InChI is InChI=1S/C19H22N2O3/c22-17(12-14-4-2-1-3-5-14)19(24)21-10-7-15(8-11-21)16-6-9-20-18(23)13-16/h1-6,9,13,15,17,22H,7-8,10-12H2,(H,20,23)/t17-/m0/s1. The Bertz CT molecular complexity index is 734. The lowest BCUT2D eigenvalue weighted by Gasteiger charge is -2.33. The average molecular weight is 326 g/mol. The SMILES string of the molecule is O=C([C@@H](O)Cc1ccccc1)N1CCC(c2cc[nH]c(=O)c2)CC1. The van der Waals surface area contributed by atoms with Crippen LogP contribution in [-0.2, 0) is 11.2 Å². The van der Waals surface area contributed by atoms with Crippen LogP contribution in [0.3, 0.4) is 0 Å². The number of benzene rings is 1. The number of amides is 1. The van der Waals surface area contributed by atoms with Crippen LogP contribution in [0.4, 0.5) is 0 Å². The van der Waals surface area contributed by atoms with E-state index in [1.807, 2.05) is 36.4 Å². The molecule has 3 rings (SSSR count). The van der Waals surface area contributed by atoms with Crippen LogP contribution in [-0.4, -0.2) is 40.1 Å². The second-order valence-corrected chi connectivity index (χ2v) is 6.29. The van der Waals surface area contributed by atoms with E-state index in [2.05, 4.69) is 4.98 Å². The van der Waals surface area contributed by atoms with Crippen LogP contribution < -0.4 is 5.56 Å². The number of hydrogen-bond acceptors (Lipinski definition) is 3. The Morgan fingerprint density at radius 3 is 2.58 bits per heavy atom. The summed E-state index contributed by atoms with van der Waals surface area (Å²) >= 11 is 0. The van der Waals surface area contributed by atoms with Gasteiger partial charge in [0, 0.05) is 31.8 Å². The van der Waals surface area contributed by atoms with E-state index in [0.717, 1.165) is 24.0 Å². The zero-order chi connectivity index (χ0) is 16.9.